The number of thioether (sulfide) groups is 1. The van der Waals surface area contributed by atoms with E-state index in [1.54, 1.807) is 7.11 Å². The smallest absolute Gasteiger partial charge is 0.230 e. The number of hydrogen-bond donors (Lipinski definition) is 1. The minimum absolute atomic E-state index is 0.0144. The van der Waals surface area contributed by atoms with Gasteiger partial charge < -0.3 is 14.6 Å². The topological polar surface area (TPSA) is 69.0 Å². The van der Waals surface area contributed by atoms with E-state index in [2.05, 4.69) is 15.5 Å². The molecule has 1 aromatic heterocycles. The lowest BCUT2D eigenvalue weighted by Crippen LogP contribution is -2.31. The third-order valence-electron chi connectivity index (χ3n) is 3.33. The van der Waals surface area contributed by atoms with Gasteiger partial charge >= 0.3 is 0 Å². The molecule has 0 fully saturated rings. The van der Waals surface area contributed by atoms with Gasteiger partial charge in [-0.1, -0.05) is 23.4 Å². The SMILES string of the molecule is COCCCn1c(SCC(=O)NC(C)C)nnc1-c1ccc(Cl)cc1. The first-order valence-corrected chi connectivity index (χ1v) is 9.48. The highest BCUT2D eigenvalue weighted by Crippen LogP contribution is 2.25. The van der Waals surface area contributed by atoms with Crippen molar-refractivity contribution in [3.63, 3.8) is 0 Å². The Kier molecular flexibility index (Phi) is 7.74. The first-order valence-electron chi connectivity index (χ1n) is 8.11. The number of benzene rings is 1. The molecule has 0 aliphatic carbocycles. The molecule has 0 saturated carbocycles. The number of carbonyl (C=O) groups excluding carboxylic acids is 1. The summed E-state index contributed by atoms with van der Waals surface area (Å²) >= 11 is 7.35. The molecule has 0 atom stereocenters. The first-order chi connectivity index (χ1) is 12.0. The Bertz CT molecular complexity index is 688. The minimum Gasteiger partial charge on any atom is -0.385 e. The van der Waals surface area contributed by atoms with Gasteiger partial charge in [-0.3, -0.25) is 4.79 Å². The van der Waals surface area contributed by atoms with Gasteiger partial charge in [-0.15, -0.1) is 10.2 Å². The molecule has 0 radical (unpaired) electrons. The van der Waals surface area contributed by atoms with Crippen LogP contribution in [0.5, 0.6) is 0 Å². The van der Waals surface area contributed by atoms with E-state index in [1.165, 1.54) is 11.8 Å². The van der Waals surface area contributed by atoms with Crippen LogP contribution in [0.15, 0.2) is 29.4 Å². The zero-order valence-electron chi connectivity index (χ0n) is 14.7. The summed E-state index contributed by atoms with van der Waals surface area (Å²) in [5, 5.41) is 12.9. The van der Waals surface area contributed by atoms with Crippen molar-refractivity contribution in [3.8, 4) is 11.4 Å². The second kappa shape index (κ2) is 9.79. The molecule has 1 N–H and O–H groups in total. The standard InChI is InChI=1S/C17H23ClN4O2S/c1-12(2)19-15(23)11-25-17-21-20-16(22(17)9-4-10-24-3)13-5-7-14(18)8-6-13/h5-8,12H,4,9-11H2,1-3H3,(H,19,23). The Morgan fingerprint density at radius 2 is 2.04 bits per heavy atom. The summed E-state index contributed by atoms with van der Waals surface area (Å²) in [6.07, 6.45) is 0.834. The number of hydrogen-bond acceptors (Lipinski definition) is 5. The molecule has 0 spiro atoms. The van der Waals surface area contributed by atoms with Crippen molar-refractivity contribution in [2.75, 3.05) is 19.5 Å². The van der Waals surface area contributed by atoms with Crippen molar-refractivity contribution in [1.82, 2.24) is 20.1 Å². The monoisotopic (exact) mass is 382 g/mol. The molecule has 0 aliphatic rings. The van der Waals surface area contributed by atoms with Crippen LogP contribution in [0.25, 0.3) is 11.4 Å². The van der Waals surface area contributed by atoms with Gasteiger partial charge in [-0.2, -0.15) is 0 Å². The lowest BCUT2D eigenvalue weighted by Gasteiger charge is -2.11. The largest absolute Gasteiger partial charge is 0.385 e. The number of nitrogens with one attached hydrogen (secondary N) is 1. The summed E-state index contributed by atoms with van der Waals surface area (Å²) in [4.78, 5) is 11.9. The van der Waals surface area contributed by atoms with Crippen molar-refractivity contribution >= 4 is 29.3 Å². The second-order valence-electron chi connectivity index (χ2n) is 5.82. The normalized spacial score (nSPS) is 11.1. The van der Waals surface area contributed by atoms with Gasteiger partial charge in [0.15, 0.2) is 11.0 Å². The molecule has 0 saturated heterocycles. The third-order valence-corrected chi connectivity index (χ3v) is 4.55. The Labute approximate surface area is 157 Å². The highest BCUT2D eigenvalue weighted by Gasteiger charge is 2.15. The van der Waals surface area contributed by atoms with Crippen molar-refractivity contribution in [3.05, 3.63) is 29.3 Å². The predicted molar refractivity (Wildman–Crippen MR) is 101 cm³/mol. The van der Waals surface area contributed by atoms with Gasteiger partial charge in [-0.05, 0) is 44.5 Å². The molecular weight excluding hydrogens is 360 g/mol. The van der Waals surface area contributed by atoms with E-state index in [4.69, 9.17) is 16.3 Å². The van der Waals surface area contributed by atoms with Crippen LogP contribution >= 0.6 is 23.4 Å². The molecule has 1 aromatic carbocycles. The maximum atomic E-state index is 11.9. The number of nitrogens with zero attached hydrogens (tertiary/aromatic N) is 3. The van der Waals surface area contributed by atoms with Gasteiger partial charge in [0.05, 0.1) is 5.75 Å². The fourth-order valence-corrected chi connectivity index (χ4v) is 3.17. The molecule has 6 nitrogen and oxygen atoms in total. The Hall–Kier alpha value is -1.57. The molecule has 0 unspecified atom stereocenters. The lowest BCUT2D eigenvalue weighted by atomic mass is 10.2. The number of methoxy groups -OCH3 is 1. The first kappa shape index (κ1) is 19.8. The number of carbonyl (C=O) groups is 1. The van der Waals surface area contributed by atoms with Gasteiger partial charge in [-0.25, -0.2) is 0 Å². The van der Waals surface area contributed by atoms with E-state index in [-0.39, 0.29) is 11.9 Å². The Balaban J connectivity index is 2.17. The number of halogens is 1. The highest BCUT2D eigenvalue weighted by atomic mass is 35.5. The Morgan fingerprint density at radius 3 is 2.68 bits per heavy atom. The minimum atomic E-state index is -0.0144. The average molecular weight is 383 g/mol. The van der Waals surface area contributed by atoms with Crippen molar-refractivity contribution in [2.45, 2.75) is 38.0 Å². The second-order valence-corrected chi connectivity index (χ2v) is 7.20. The van der Waals surface area contributed by atoms with E-state index >= 15 is 0 Å². The summed E-state index contributed by atoms with van der Waals surface area (Å²) in [5.74, 6) is 1.06. The molecule has 0 aliphatic heterocycles. The van der Waals surface area contributed by atoms with Crippen LogP contribution in [0.2, 0.25) is 5.02 Å². The van der Waals surface area contributed by atoms with Crippen molar-refractivity contribution in [2.24, 2.45) is 0 Å². The number of amides is 1. The van der Waals surface area contributed by atoms with Crippen LogP contribution < -0.4 is 5.32 Å². The fraction of sp³-hybridized carbons (Fsp3) is 0.471. The molecule has 8 heteroatoms. The molecule has 136 valence electrons. The van der Waals surface area contributed by atoms with Crippen LogP contribution in [-0.4, -0.2) is 46.2 Å². The van der Waals surface area contributed by atoms with Crippen LogP contribution in [0.4, 0.5) is 0 Å². The zero-order chi connectivity index (χ0) is 18.2. The Morgan fingerprint density at radius 1 is 1.32 bits per heavy atom. The maximum Gasteiger partial charge on any atom is 0.230 e. The van der Waals surface area contributed by atoms with E-state index in [0.29, 0.717) is 23.9 Å². The quantitative estimate of drug-likeness (QED) is 0.532. The lowest BCUT2D eigenvalue weighted by molar-refractivity contribution is -0.119. The van der Waals surface area contributed by atoms with Crippen LogP contribution in [0.3, 0.4) is 0 Å². The molecule has 1 amide bonds. The van der Waals surface area contributed by atoms with Gasteiger partial charge in [0, 0.05) is 36.9 Å². The summed E-state index contributed by atoms with van der Waals surface area (Å²) in [5.41, 5.74) is 0.938. The van der Waals surface area contributed by atoms with Crippen LogP contribution in [0, 0.1) is 0 Å². The predicted octanol–water partition coefficient (Wildman–Crippen LogP) is 3.25. The van der Waals surface area contributed by atoms with E-state index < -0.39 is 0 Å². The van der Waals surface area contributed by atoms with Crippen LogP contribution in [-0.2, 0) is 16.1 Å². The summed E-state index contributed by atoms with van der Waals surface area (Å²) in [6, 6.07) is 7.61. The summed E-state index contributed by atoms with van der Waals surface area (Å²) < 4.78 is 7.16. The molecule has 2 rings (SSSR count). The highest BCUT2D eigenvalue weighted by molar-refractivity contribution is 7.99. The molecule has 0 bridgehead atoms. The van der Waals surface area contributed by atoms with Gasteiger partial charge in [0.25, 0.3) is 0 Å². The van der Waals surface area contributed by atoms with E-state index in [9.17, 15) is 4.79 Å². The molecular formula is C17H23ClN4O2S. The van der Waals surface area contributed by atoms with Crippen molar-refractivity contribution < 1.29 is 9.53 Å². The molecule has 1 heterocycles. The maximum absolute atomic E-state index is 11.9. The van der Waals surface area contributed by atoms with Crippen molar-refractivity contribution in [1.29, 1.82) is 0 Å². The molecule has 25 heavy (non-hydrogen) atoms. The van der Waals surface area contributed by atoms with Gasteiger partial charge in [0.1, 0.15) is 0 Å². The van der Waals surface area contributed by atoms with Gasteiger partial charge in [0.2, 0.25) is 5.91 Å². The number of rotatable bonds is 9. The third kappa shape index (κ3) is 6.02. The number of aromatic nitrogens is 3. The van der Waals surface area contributed by atoms with E-state index in [0.717, 1.165) is 23.0 Å². The summed E-state index contributed by atoms with van der Waals surface area (Å²) in [6.45, 7) is 5.24. The molecule has 2 aromatic rings. The van der Waals surface area contributed by atoms with E-state index in [1.807, 2.05) is 42.7 Å². The average Bonchev–Trinajstić information content (AvgIpc) is 2.96. The number of ether oxygens (including phenoxy) is 1. The van der Waals surface area contributed by atoms with Crippen LogP contribution in [0.1, 0.15) is 20.3 Å². The summed E-state index contributed by atoms with van der Waals surface area (Å²) in [7, 11) is 1.68. The zero-order valence-corrected chi connectivity index (χ0v) is 16.2. The fourth-order valence-electron chi connectivity index (χ4n) is 2.27.